The molecule has 0 saturated heterocycles. The second-order valence-electron chi connectivity index (χ2n) is 7.73. The predicted molar refractivity (Wildman–Crippen MR) is 127 cm³/mol. The number of hydrogen-bond donors (Lipinski definition) is 4. The molecule has 0 aromatic carbocycles. The Hall–Kier alpha value is -2.43. The Morgan fingerprint density at radius 2 is 1.91 bits per heavy atom. The molecule has 4 N–H and O–H groups in total. The lowest BCUT2D eigenvalue weighted by atomic mass is 10.2. The first-order valence-electron chi connectivity index (χ1n) is 10.4. The largest absolute Gasteiger partial charge is 0.394 e. The van der Waals surface area contributed by atoms with Gasteiger partial charge in [0.1, 0.15) is 5.83 Å². The van der Waals surface area contributed by atoms with Gasteiger partial charge < -0.3 is 20.1 Å². The SMILES string of the molecule is C=C(F)/C(=C\C=C(C)C)Nc1cc(=O)n(C)cc1NS(=O)(=O)C1(CC(O)CO)CC1.CC. The summed E-state index contributed by atoms with van der Waals surface area (Å²) in [6, 6.07) is 1.15. The van der Waals surface area contributed by atoms with Gasteiger partial charge in [-0.2, -0.15) is 0 Å². The van der Waals surface area contributed by atoms with Crippen molar-refractivity contribution in [2.75, 3.05) is 16.6 Å². The van der Waals surface area contributed by atoms with Gasteiger partial charge in [0, 0.05) is 19.3 Å². The zero-order valence-electron chi connectivity index (χ0n) is 19.3. The lowest BCUT2D eigenvalue weighted by Crippen LogP contribution is -2.35. The average Bonchev–Trinajstić information content (AvgIpc) is 3.50. The first-order chi connectivity index (χ1) is 14.9. The molecule has 0 spiro atoms. The number of rotatable bonds is 10. The molecular formula is C22H34FN3O5S. The van der Waals surface area contributed by atoms with Gasteiger partial charge in [0.05, 0.1) is 34.5 Å². The second kappa shape index (κ2) is 11.4. The van der Waals surface area contributed by atoms with Crippen LogP contribution in [0.3, 0.4) is 0 Å². The number of nitrogens with zero attached hydrogens (tertiary/aromatic N) is 1. The topological polar surface area (TPSA) is 121 Å². The monoisotopic (exact) mass is 471 g/mol. The van der Waals surface area contributed by atoms with Crippen LogP contribution in [0.4, 0.5) is 15.8 Å². The van der Waals surface area contributed by atoms with E-state index >= 15 is 0 Å². The van der Waals surface area contributed by atoms with Gasteiger partial charge in [-0.1, -0.05) is 32.1 Å². The summed E-state index contributed by atoms with van der Waals surface area (Å²) in [6.45, 7) is 10.4. The molecule has 1 aliphatic carbocycles. The van der Waals surface area contributed by atoms with Crippen LogP contribution in [0.5, 0.6) is 0 Å². The van der Waals surface area contributed by atoms with Crippen LogP contribution in [-0.4, -0.2) is 40.7 Å². The summed E-state index contributed by atoms with van der Waals surface area (Å²) in [5.74, 6) is -0.785. The Balaban J connectivity index is 0.00000249. The molecule has 180 valence electrons. The maximum Gasteiger partial charge on any atom is 0.252 e. The van der Waals surface area contributed by atoms with E-state index in [1.807, 2.05) is 27.7 Å². The number of aliphatic hydroxyl groups is 2. The van der Waals surface area contributed by atoms with E-state index < -0.39 is 38.9 Å². The third kappa shape index (κ3) is 7.04. The standard InChI is InChI=1S/C20H28FN3O5S.C2H6/c1-13(2)5-6-16(14(3)21)22-17-9-19(27)24(4)11-18(17)23-30(28,29)20(7-8-20)10-15(26)12-25;1-2/h5-6,9,11,15,22-23,25-26H,3,7-8,10,12H2,1-2,4H3;1-2H3/b16-6+;. The summed E-state index contributed by atoms with van der Waals surface area (Å²) in [7, 11) is -2.51. The second-order valence-corrected chi connectivity index (χ2v) is 9.81. The fourth-order valence-corrected chi connectivity index (χ4v) is 4.60. The Labute approximate surface area is 189 Å². The molecule has 0 bridgehead atoms. The quantitative estimate of drug-likeness (QED) is 0.389. The fourth-order valence-electron chi connectivity index (χ4n) is 2.88. The number of allylic oxidation sites excluding steroid dienone is 4. The Morgan fingerprint density at radius 3 is 2.38 bits per heavy atom. The van der Waals surface area contributed by atoms with Crippen molar-refractivity contribution in [1.82, 2.24) is 4.57 Å². The van der Waals surface area contributed by atoms with Crippen molar-refractivity contribution in [1.29, 1.82) is 0 Å². The van der Waals surface area contributed by atoms with Gasteiger partial charge in [0.2, 0.25) is 10.0 Å². The summed E-state index contributed by atoms with van der Waals surface area (Å²) in [4.78, 5) is 12.1. The third-order valence-corrected chi connectivity index (χ3v) is 7.02. The van der Waals surface area contributed by atoms with E-state index in [1.165, 1.54) is 23.9 Å². The molecule has 1 saturated carbocycles. The van der Waals surface area contributed by atoms with Crippen molar-refractivity contribution in [3.8, 4) is 0 Å². The first kappa shape index (κ1) is 27.6. The molecule has 1 atom stereocenters. The molecule has 1 fully saturated rings. The molecule has 32 heavy (non-hydrogen) atoms. The highest BCUT2D eigenvalue weighted by atomic mass is 32.2. The van der Waals surface area contributed by atoms with E-state index in [4.69, 9.17) is 5.11 Å². The number of hydrogen-bond acceptors (Lipinski definition) is 6. The van der Waals surface area contributed by atoms with Crippen LogP contribution in [0.25, 0.3) is 0 Å². The number of nitrogens with one attached hydrogen (secondary N) is 2. The van der Waals surface area contributed by atoms with Crippen LogP contribution in [-0.2, 0) is 17.1 Å². The van der Waals surface area contributed by atoms with Crippen LogP contribution in [0.1, 0.15) is 47.0 Å². The van der Waals surface area contributed by atoms with Crippen molar-refractivity contribution in [2.45, 2.75) is 57.8 Å². The molecule has 1 aliphatic rings. The van der Waals surface area contributed by atoms with E-state index in [2.05, 4.69) is 16.6 Å². The maximum atomic E-state index is 13.9. The number of aryl methyl sites for hydroxylation is 1. The normalized spacial score (nSPS) is 15.7. The maximum absolute atomic E-state index is 13.9. The highest BCUT2D eigenvalue weighted by molar-refractivity contribution is 7.94. The molecular weight excluding hydrogens is 437 g/mol. The van der Waals surface area contributed by atoms with Crippen molar-refractivity contribution in [3.05, 3.63) is 58.4 Å². The minimum absolute atomic E-state index is 0.0262. The van der Waals surface area contributed by atoms with E-state index in [0.717, 1.165) is 11.6 Å². The van der Waals surface area contributed by atoms with Crippen LogP contribution in [0, 0.1) is 0 Å². The van der Waals surface area contributed by atoms with E-state index in [9.17, 15) is 22.7 Å². The average molecular weight is 472 g/mol. The van der Waals surface area contributed by atoms with Gasteiger partial charge in [-0.15, -0.1) is 0 Å². The van der Waals surface area contributed by atoms with Crippen molar-refractivity contribution < 1.29 is 23.0 Å². The van der Waals surface area contributed by atoms with E-state index in [1.54, 1.807) is 6.08 Å². The van der Waals surface area contributed by atoms with E-state index in [-0.39, 0.29) is 23.5 Å². The number of anilines is 2. The molecule has 2 rings (SSSR count). The third-order valence-electron chi connectivity index (χ3n) is 4.81. The van der Waals surface area contributed by atoms with Gasteiger partial charge in [-0.3, -0.25) is 9.52 Å². The number of sulfonamides is 1. The summed E-state index contributed by atoms with van der Waals surface area (Å²) < 4.78 is 42.3. The molecule has 8 nitrogen and oxygen atoms in total. The van der Waals surface area contributed by atoms with Crippen LogP contribution in [0.2, 0.25) is 0 Å². The molecule has 1 unspecified atom stereocenters. The lowest BCUT2D eigenvalue weighted by Gasteiger charge is -2.22. The summed E-state index contributed by atoms with van der Waals surface area (Å²) in [6.07, 6.45) is 3.78. The Bertz CT molecular complexity index is 1040. The molecule has 10 heteroatoms. The van der Waals surface area contributed by atoms with Gasteiger partial charge in [0.15, 0.2) is 0 Å². The molecule has 1 heterocycles. The molecule has 0 aliphatic heterocycles. The zero-order valence-corrected chi connectivity index (χ0v) is 20.1. The smallest absolute Gasteiger partial charge is 0.252 e. The Kier molecular flexibility index (Phi) is 9.87. The van der Waals surface area contributed by atoms with Crippen molar-refractivity contribution >= 4 is 21.4 Å². The van der Waals surface area contributed by atoms with Crippen LogP contribution in [0.15, 0.2) is 52.9 Å². The predicted octanol–water partition coefficient (Wildman–Crippen LogP) is 3.17. The molecule has 1 aromatic rings. The molecule has 0 radical (unpaired) electrons. The summed E-state index contributed by atoms with van der Waals surface area (Å²) in [5, 5.41) is 21.5. The fraction of sp³-hybridized carbons (Fsp3) is 0.500. The molecule has 0 amide bonds. The lowest BCUT2D eigenvalue weighted by molar-refractivity contribution is 0.0858. The zero-order chi connectivity index (χ0) is 24.7. The van der Waals surface area contributed by atoms with Gasteiger partial charge in [0.25, 0.3) is 5.56 Å². The number of aliphatic hydroxyl groups excluding tert-OH is 2. The van der Waals surface area contributed by atoms with E-state index in [0.29, 0.717) is 12.8 Å². The highest BCUT2D eigenvalue weighted by Crippen LogP contribution is 2.48. The minimum Gasteiger partial charge on any atom is -0.394 e. The van der Waals surface area contributed by atoms with Crippen LogP contribution >= 0.6 is 0 Å². The minimum atomic E-state index is -3.96. The van der Waals surface area contributed by atoms with Gasteiger partial charge in [-0.25, -0.2) is 12.8 Å². The summed E-state index contributed by atoms with van der Waals surface area (Å²) in [5.41, 5.74) is 0.558. The summed E-state index contributed by atoms with van der Waals surface area (Å²) >= 11 is 0. The number of aromatic nitrogens is 1. The highest BCUT2D eigenvalue weighted by Gasteiger charge is 2.55. The first-order valence-corrected chi connectivity index (χ1v) is 11.9. The van der Waals surface area contributed by atoms with Crippen LogP contribution < -0.4 is 15.6 Å². The number of halogens is 1. The molecule has 1 aromatic heterocycles. The van der Waals surface area contributed by atoms with Gasteiger partial charge in [-0.05, 0) is 39.2 Å². The van der Waals surface area contributed by atoms with Gasteiger partial charge >= 0.3 is 0 Å². The Morgan fingerprint density at radius 1 is 1.31 bits per heavy atom. The van der Waals surface area contributed by atoms with Crippen molar-refractivity contribution in [3.63, 3.8) is 0 Å². The number of pyridine rings is 1. The van der Waals surface area contributed by atoms with Crippen molar-refractivity contribution in [2.24, 2.45) is 7.05 Å².